The van der Waals surface area contributed by atoms with Crippen molar-refractivity contribution in [2.45, 2.75) is 32.6 Å². The van der Waals surface area contributed by atoms with Gasteiger partial charge in [0.2, 0.25) is 0 Å². The number of aliphatic hydroxyl groups is 1. The average Bonchev–Trinajstić information content (AvgIpc) is 2.44. The van der Waals surface area contributed by atoms with Gasteiger partial charge in [-0.15, -0.1) is 0 Å². The summed E-state index contributed by atoms with van der Waals surface area (Å²) in [6, 6.07) is 5.23. The van der Waals surface area contributed by atoms with Crippen molar-refractivity contribution in [1.82, 2.24) is 4.90 Å². The van der Waals surface area contributed by atoms with Crippen LogP contribution in [0.4, 0.5) is 0 Å². The van der Waals surface area contributed by atoms with Crippen molar-refractivity contribution in [1.29, 1.82) is 0 Å². The van der Waals surface area contributed by atoms with E-state index in [1.54, 1.807) is 23.1 Å². The Labute approximate surface area is 134 Å². The lowest BCUT2D eigenvalue weighted by Gasteiger charge is -2.22. The predicted octanol–water partition coefficient (Wildman–Crippen LogP) is 4.12. The Morgan fingerprint density at radius 3 is 2.70 bits per heavy atom. The number of hydrogen-bond acceptors (Lipinski definition) is 2. The van der Waals surface area contributed by atoms with E-state index in [-0.39, 0.29) is 12.5 Å². The summed E-state index contributed by atoms with van der Waals surface area (Å²) in [4.78, 5) is 14.2. The van der Waals surface area contributed by atoms with Crippen molar-refractivity contribution < 1.29 is 9.90 Å². The van der Waals surface area contributed by atoms with Gasteiger partial charge in [0.1, 0.15) is 0 Å². The molecule has 0 atom stereocenters. The molecule has 1 rings (SSSR count). The van der Waals surface area contributed by atoms with Crippen molar-refractivity contribution in [3.8, 4) is 0 Å². The molecule has 0 aromatic heterocycles. The smallest absolute Gasteiger partial charge is 0.255 e. The standard InChI is InChI=1S/C15H21BrClNO2/c1-2-3-4-5-8-18(9-10-19)15(20)13-11-12(16)6-7-14(13)17/h6-7,11,19H,2-5,8-10H2,1H3. The number of benzene rings is 1. The highest BCUT2D eigenvalue weighted by Gasteiger charge is 2.18. The van der Waals surface area contributed by atoms with Crippen LogP contribution in [-0.4, -0.2) is 35.6 Å². The van der Waals surface area contributed by atoms with Crippen molar-refractivity contribution in [3.63, 3.8) is 0 Å². The first-order valence-electron chi connectivity index (χ1n) is 6.95. The lowest BCUT2D eigenvalue weighted by atomic mass is 10.1. The van der Waals surface area contributed by atoms with E-state index in [1.807, 2.05) is 0 Å². The molecular formula is C15H21BrClNO2. The Balaban J connectivity index is 2.74. The fourth-order valence-electron chi connectivity index (χ4n) is 2.00. The number of carbonyl (C=O) groups excluding carboxylic acids is 1. The summed E-state index contributed by atoms with van der Waals surface area (Å²) in [7, 11) is 0. The molecule has 1 aromatic rings. The van der Waals surface area contributed by atoms with Crippen LogP contribution in [0, 0.1) is 0 Å². The van der Waals surface area contributed by atoms with E-state index in [0.717, 1.165) is 23.7 Å². The second-order valence-electron chi connectivity index (χ2n) is 4.70. The van der Waals surface area contributed by atoms with Crippen LogP contribution in [0.3, 0.4) is 0 Å². The summed E-state index contributed by atoms with van der Waals surface area (Å²) in [5.41, 5.74) is 0.477. The molecular weight excluding hydrogens is 342 g/mol. The Morgan fingerprint density at radius 2 is 2.05 bits per heavy atom. The Hall–Kier alpha value is -0.580. The monoisotopic (exact) mass is 361 g/mol. The van der Waals surface area contributed by atoms with Crippen LogP contribution in [0.15, 0.2) is 22.7 Å². The van der Waals surface area contributed by atoms with Crippen molar-refractivity contribution >= 4 is 33.4 Å². The molecule has 20 heavy (non-hydrogen) atoms. The molecule has 3 nitrogen and oxygen atoms in total. The van der Waals surface area contributed by atoms with Crippen molar-refractivity contribution in [2.75, 3.05) is 19.7 Å². The van der Waals surface area contributed by atoms with Crippen LogP contribution in [0.2, 0.25) is 5.02 Å². The predicted molar refractivity (Wildman–Crippen MR) is 86.3 cm³/mol. The zero-order valence-electron chi connectivity index (χ0n) is 11.7. The number of amides is 1. The number of unbranched alkanes of at least 4 members (excludes halogenated alkanes) is 3. The largest absolute Gasteiger partial charge is 0.395 e. The molecule has 0 spiro atoms. The summed E-state index contributed by atoms with van der Waals surface area (Å²) < 4.78 is 0.820. The quantitative estimate of drug-likeness (QED) is 0.707. The number of carbonyl (C=O) groups is 1. The second kappa shape index (κ2) is 9.37. The number of nitrogens with zero attached hydrogens (tertiary/aromatic N) is 1. The van der Waals surface area contributed by atoms with Gasteiger partial charge in [-0.1, -0.05) is 53.7 Å². The number of aliphatic hydroxyl groups excluding tert-OH is 1. The minimum absolute atomic E-state index is 0.0366. The maximum atomic E-state index is 12.5. The van der Waals surface area contributed by atoms with E-state index in [9.17, 15) is 4.79 Å². The topological polar surface area (TPSA) is 40.5 Å². The average molecular weight is 363 g/mol. The van der Waals surface area contributed by atoms with E-state index in [0.29, 0.717) is 23.7 Å². The zero-order valence-corrected chi connectivity index (χ0v) is 14.1. The molecule has 0 saturated heterocycles. The minimum Gasteiger partial charge on any atom is -0.395 e. The van der Waals surface area contributed by atoms with E-state index in [1.165, 1.54) is 6.42 Å². The van der Waals surface area contributed by atoms with Gasteiger partial charge in [0.25, 0.3) is 5.91 Å². The highest BCUT2D eigenvalue weighted by Crippen LogP contribution is 2.22. The van der Waals surface area contributed by atoms with Gasteiger partial charge in [-0.05, 0) is 24.6 Å². The SMILES string of the molecule is CCCCCCN(CCO)C(=O)c1cc(Br)ccc1Cl. The molecule has 1 aromatic carbocycles. The normalized spacial score (nSPS) is 10.6. The summed E-state index contributed by atoms with van der Waals surface area (Å²) in [5.74, 6) is -0.123. The molecule has 1 amide bonds. The number of rotatable bonds is 8. The first-order chi connectivity index (χ1) is 9.60. The van der Waals surface area contributed by atoms with Gasteiger partial charge in [-0.3, -0.25) is 4.79 Å². The fraction of sp³-hybridized carbons (Fsp3) is 0.533. The molecule has 0 bridgehead atoms. The molecule has 112 valence electrons. The molecule has 0 unspecified atom stereocenters. The van der Waals surface area contributed by atoms with Gasteiger partial charge in [-0.2, -0.15) is 0 Å². The molecule has 0 saturated carbocycles. The minimum atomic E-state index is -0.123. The van der Waals surface area contributed by atoms with Gasteiger partial charge >= 0.3 is 0 Å². The highest BCUT2D eigenvalue weighted by molar-refractivity contribution is 9.10. The molecule has 1 N–H and O–H groups in total. The van der Waals surface area contributed by atoms with Crippen LogP contribution in [0.1, 0.15) is 43.0 Å². The van der Waals surface area contributed by atoms with Crippen molar-refractivity contribution in [3.05, 3.63) is 33.3 Å². The van der Waals surface area contributed by atoms with Gasteiger partial charge in [0.05, 0.1) is 17.2 Å². The van der Waals surface area contributed by atoms with Crippen molar-refractivity contribution in [2.24, 2.45) is 0 Å². The lowest BCUT2D eigenvalue weighted by molar-refractivity contribution is 0.0718. The van der Waals surface area contributed by atoms with E-state index in [2.05, 4.69) is 22.9 Å². The lowest BCUT2D eigenvalue weighted by Crippen LogP contribution is -2.34. The van der Waals surface area contributed by atoms with E-state index >= 15 is 0 Å². The molecule has 0 aliphatic carbocycles. The van der Waals surface area contributed by atoms with Crippen LogP contribution in [0.25, 0.3) is 0 Å². The second-order valence-corrected chi connectivity index (χ2v) is 6.02. The number of halogens is 2. The summed E-state index contributed by atoms with van der Waals surface area (Å²) >= 11 is 9.44. The van der Waals surface area contributed by atoms with E-state index < -0.39 is 0 Å². The third-order valence-corrected chi connectivity index (χ3v) is 3.92. The first-order valence-corrected chi connectivity index (χ1v) is 8.12. The molecule has 5 heteroatoms. The summed E-state index contributed by atoms with van der Waals surface area (Å²) in [6.45, 7) is 3.11. The van der Waals surface area contributed by atoms with Gasteiger partial charge in [0.15, 0.2) is 0 Å². The zero-order chi connectivity index (χ0) is 15.0. The maximum absolute atomic E-state index is 12.5. The number of hydrogen-bond donors (Lipinski definition) is 1. The third kappa shape index (κ3) is 5.43. The maximum Gasteiger partial charge on any atom is 0.255 e. The molecule has 0 fully saturated rings. The third-order valence-electron chi connectivity index (χ3n) is 3.10. The van der Waals surface area contributed by atoms with Gasteiger partial charge in [-0.25, -0.2) is 0 Å². The molecule has 0 aliphatic heterocycles. The molecule has 0 heterocycles. The van der Waals surface area contributed by atoms with Crippen LogP contribution < -0.4 is 0 Å². The summed E-state index contributed by atoms with van der Waals surface area (Å²) in [6.07, 6.45) is 4.37. The fourth-order valence-corrected chi connectivity index (χ4v) is 2.56. The highest BCUT2D eigenvalue weighted by atomic mass is 79.9. The van der Waals surface area contributed by atoms with Gasteiger partial charge in [0, 0.05) is 17.6 Å². The van der Waals surface area contributed by atoms with Crippen LogP contribution >= 0.6 is 27.5 Å². The van der Waals surface area contributed by atoms with E-state index in [4.69, 9.17) is 16.7 Å². The first kappa shape index (κ1) is 17.5. The van der Waals surface area contributed by atoms with Gasteiger partial charge < -0.3 is 10.0 Å². The Morgan fingerprint density at radius 1 is 1.30 bits per heavy atom. The molecule has 0 radical (unpaired) electrons. The Kier molecular flexibility index (Phi) is 8.19. The summed E-state index contributed by atoms with van der Waals surface area (Å²) in [5, 5.41) is 9.56. The van der Waals surface area contributed by atoms with Crippen LogP contribution in [-0.2, 0) is 0 Å². The Bertz CT molecular complexity index is 440. The van der Waals surface area contributed by atoms with Crippen LogP contribution in [0.5, 0.6) is 0 Å². The molecule has 0 aliphatic rings.